The van der Waals surface area contributed by atoms with Crippen LogP contribution in [-0.4, -0.2) is 86.3 Å². The number of benzene rings is 1. The van der Waals surface area contributed by atoms with E-state index in [0.717, 1.165) is 5.56 Å². The maximum Gasteiger partial charge on any atom is 0.491 e. The van der Waals surface area contributed by atoms with E-state index >= 15 is 0 Å². The standard InChI is InChI=1S/C28H32F3N4O7S/c1-17-5-6-18(2)23(11-17)35(9-8-33(16-36)14-25(35)41-27(37)28(29,30)31)24-13-34(12-22(24)21-7-10-40-15-21)43(38,39)26-19(3)32-42-20(26)4/h5-7,10-11,15-16,22,24-25H,8-9,12-14H2,1-4H3/q+1/t22-,24+,25?,35+/m1/s1. The number of sulfonamides is 1. The summed E-state index contributed by atoms with van der Waals surface area (Å²) in [5.41, 5.74) is 2.88. The van der Waals surface area contributed by atoms with Crippen LogP contribution in [0.15, 0.2) is 50.6 Å². The summed E-state index contributed by atoms with van der Waals surface area (Å²) in [5, 5.41) is 3.80. The summed E-state index contributed by atoms with van der Waals surface area (Å²) in [6.07, 6.45) is -3.39. The molecule has 2 fully saturated rings. The second kappa shape index (κ2) is 11.1. The Hall–Kier alpha value is -3.69. The number of aryl methyl sites for hydroxylation is 4. The number of rotatable bonds is 7. The maximum atomic E-state index is 14.0. The van der Waals surface area contributed by atoms with Crippen LogP contribution >= 0.6 is 0 Å². The number of esters is 1. The van der Waals surface area contributed by atoms with Gasteiger partial charge >= 0.3 is 12.1 Å². The Labute approximate surface area is 246 Å². The van der Waals surface area contributed by atoms with E-state index < -0.39 is 40.4 Å². The normalized spacial score (nSPS) is 25.2. The highest BCUT2D eigenvalue weighted by Crippen LogP contribution is 2.46. The zero-order chi connectivity index (χ0) is 31.3. The van der Waals surface area contributed by atoms with Gasteiger partial charge in [-0.2, -0.15) is 17.5 Å². The topological polar surface area (TPSA) is 123 Å². The summed E-state index contributed by atoms with van der Waals surface area (Å²) < 4.78 is 85.7. The van der Waals surface area contributed by atoms with E-state index in [4.69, 9.17) is 13.7 Å². The first-order valence-electron chi connectivity index (χ1n) is 13.6. The van der Waals surface area contributed by atoms with Gasteiger partial charge < -0.3 is 18.6 Å². The molecule has 2 aliphatic rings. The number of hydrogen-bond acceptors (Lipinski definition) is 8. The lowest BCUT2D eigenvalue weighted by atomic mass is 9.90. The smallest absolute Gasteiger partial charge is 0.472 e. The molecule has 1 unspecified atom stereocenters. The Balaban J connectivity index is 1.73. The molecule has 0 saturated carbocycles. The van der Waals surface area contributed by atoms with Crippen LogP contribution in [0.1, 0.15) is 34.1 Å². The second-order valence-corrected chi connectivity index (χ2v) is 13.0. The summed E-state index contributed by atoms with van der Waals surface area (Å²) in [7, 11) is -4.18. The van der Waals surface area contributed by atoms with E-state index in [1.165, 1.54) is 35.6 Å². The number of hydrogen-bond donors (Lipinski definition) is 0. The fraction of sp³-hybridized carbons (Fsp3) is 0.464. The van der Waals surface area contributed by atoms with Crippen LogP contribution in [-0.2, 0) is 24.3 Å². The van der Waals surface area contributed by atoms with Gasteiger partial charge in [0.2, 0.25) is 16.4 Å². The van der Waals surface area contributed by atoms with Gasteiger partial charge in [-0.05, 0) is 39.3 Å². The van der Waals surface area contributed by atoms with Gasteiger partial charge in [0.05, 0.1) is 31.5 Å². The van der Waals surface area contributed by atoms with Crippen LogP contribution in [0.5, 0.6) is 0 Å². The summed E-state index contributed by atoms with van der Waals surface area (Å²) in [4.78, 5) is 25.4. The number of piperazine rings is 1. The molecule has 2 aliphatic heterocycles. The van der Waals surface area contributed by atoms with Crippen LogP contribution in [0.25, 0.3) is 0 Å². The largest absolute Gasteiger partial charge is 0.491 e. The van der Waals surface area contributed by atoms with Crippen molar-refractivity contribution in [3.8, 4) is 0 Å². The summed E-state index contributed by atoms with van der Waals surface area (Å²) >= 11 is 0. The fourth-order valence-corrected chi connectivity index (χ4v) is 8.27. The number of ether oxygens (including phenoxy) is 1. The van der Waals surface area contributed by atoms with Crippen molar-refractivity contribution in [3.05, 3.63) is 64.9 Å². The van der Waals surface area contributed by atoms with Gasteiger partial charge in [-0.25, -0.2) is 17.7 Å². The van der Waals surface area contributed by atoms with Crippen molar-refractivity contribution in [2.45, 2.75) is 57.0 Å². The van der Waals surface area contributed by atoms with Crippen LogP contribution in [0.4, 0.5) is 18.9 Å². The number of aromatic nitrogens is 1. The molecule has 0 bridgehead atoms. The van der Waals surface area contributed by atoms with Crippen molar-refractivity contribution in [1.82, 2.24) is 18.8 Å². The first-order chi connectivity index (χ1) is 20.2. The number of carbonyl (C=O) groups is 2. The quantitative estimate of drug-likeness (QED) is 0.222. The van der Waals surface area contributed by atoms with Gasteiger partial charge in [0.1, 0.15) is 35.4 Å². The highest BCUT2D eigenvalue weighted by Gasteiger charge is 2.60. The minimum Gasteiger partial charge on any atom is -0.472 e. The molecule has 43 heavy (non-hydrogen) atoms. The molecule has 4 heterocycles. The lowest BCUT2D eigenvalue weighted by molar-refractivity contribution is -0.217. The molecule has 0 N–H and O–H groups in total. The third-order valence-corrected chi connectivity index (χ3v) is 10.6. The van der Waals surface area contributed by atoms with Gasteiger partial charge in [-0.1, -0.05) is 17.3 Å². The molecule has 11 nitrogen and oxygen atoms in total. The SMILES string of the molecule is Cc1ccc(C)c([N@+]2([C@H]3CN(S(=O)(=O)c4c(C)noc4C)C[C@@H]3c3ccoc3)CCN(C=O)CC2OC(=O)C(F)(F)F)c1. The maximum absolute atomic E-state index is 14.0. The first kappa shape index (κ1) is 30.8. The average Bonchev–Trinajstić information content (AvgIpc) is 3.70. The lowest BCUT2D eigenvalue weighted by Crippen LogP contribution is -2.73. The van der Waals surface area contributed by atoms with Gasteiger partial charge in [-0.3, -0.25) is 4.79 Å². The van der Waals surface area contributed by atoms with E-state index in [2.05, 4.69) is 5.16 Å². The molecule has 232 valence electrons. The first-order valence-corrected chi connectivity index (χ1v) is 15.0. The Bertz CT molecular complexity index is 1600. The van der Waals surface area contributed by atoms with Crippen molar-refractivity contribution in [3.63, 3.8) is 0 Å². The highest BCUT2D eigenvalue weighted by atomic mass is 32.2. The minimum atomic E-state index is -5.29. The van der Waals surface area contributed by atoms with Crippen molar-refractivity contribution in [2.75, 3.05) is 32.7 Å². The number of amides is 1. The van der Waals surface area contributed by atoms with Gasteiger partial charge in [0, 0.05) is 23.7 Å². The molecule has 0 aliphatic carbocycles. The third kappa shape index (κ3) is 5.33. The molecule has 2 aromatic heterocycles. The number of furan rings is 1. The number of alkyl halides is 3. The van der Waals surface area contributed by atoms with Crippen LogP contribution in [0, 0.1) is 27.7 Å². The molecular formula is C28H32F3N4O7S+. The molecule has 5 rings (SSSR count). The van der Waals surface area contributed by atoms with Crippen LogP contribution in [0.2, 0.25) is 0 Å². The Morgan fingerprint density at radius 3 is 2.49 bits per heavy atom. The molecule has 2 saturated heterocycles. The highest BCUT2D eigenvalue weighted by molar-refractivity contribution is 7.89. The van der Waals surface area contributed by atoms with Gasteiger partial charge in [0.15, 0.2) is 5.76 Å². The lowest BCUT2D eigenvalue weighted by Gasteiger charge is -2.53. The molecule has 0 spiro atoms. The fourth-order valence-electron chi connectivity index (χ4n) is 6.49. The molecule has 15 heteroatoms. The number of nitrogens with zero attached hydrogens (tertiary/aromatic N) is 4. The monoisotopic (exact) mass is 625 g/mol. The molecule has 1 amide bonds. The Kier molecular flexibility index (Phi) is 7.94. The van der Waals surface area contributed by atoms with E-state index in [1.54, 1.807) is 13.0 Å². The predicted octanol–water partition coefficient (Wildman–Crippen LogP) is 3.57. The van der Waals surface area contributed by atoms with Crippen LogP contribution in [0.3, 0.4) is 0 Å². The van der Waals surface area contributed by atoms with Crippen molar-refractivity contribution in [1.29, 1.82) is 0 Å². The van der Waals surface area contributed by atoms with Gasteiger partial charge in [0.25, 0.3) is 6.23 Å². The molecule has 0 radical (unpaired) electrons. The minimum absolute atomic E-state index is 0.0429. The summed E-state index contributed by atoms with van der Waals surface area (Å²) in [6.45, 7) is 6.29. The average molecular weight is 626 g/mol. The number of carbonyl (C=O) groups excluding carboxylic acids is 2. The molecule has 3 aromatic rings. The summed E-state index contributed by atoms with van der Waals surface area (Å²) in [5.74, 6) is -2.88. The van der Waals surface area contributed by atoms with E-state index in [-0.39, 0.29) is 53.6 Å². The van der Waals surface area contributed by atoms with Crippen molar-refractivity contribution in [2.24, 2.45) is 0 Å². The van der Waals surface area contributed by atoms with Gasteiger partial charge in [-0.15, -0.1) is 0 Å². The van der Waals surface area contributed by atoms with Crippen molar-refractivity contribution < 1.29 is 44.9 Å². The van der Waals surface area contributed by atoms with E-state index in [0.29, 0.717) is 23.2 Å². The van der Waals surface area contributed by atoms with Crippen LogP contribution < -0.4 is 4.48 Å². The predicted molar refractivity (Wildman–Crippen MR) is 146 cm³/mol. The zero-order valence-corrected chi connectivity index (χ0v) is 24.8. The third-order valence-electron chi connectivity index (χ3n) is 8.48. The summed E-state index contributed by atoms with van der Waals surface area (Å²) in [6, 6.07) is 6.41. The molecule has 4 atom stereocenters. The van der Waals surface area contributed by atoms with E-state index in [1.807, 2.05) is 25.1 Å². The van der Waals surface area contributed by atoms with E-state index in [9.17, 15) is 31.2 Å². The Morgan fingerprint density at radius 2 is 1.88 bits per heavy atom. The molecule has 1 aromatic carbocycles. The number of halogens is 3. The van der Waals surface area contributed by atoms with Crippen molar-refractivity contribution >= 4 is 28.1 Å². The zero-order valence-electron chi connectivity index (χ0n) is 24.0. The second-order valence-electron chi connectivity index (χ2n) is 11.1. The Morgan fingerprint density at radius 1 is 1.14 bits per heavy atom. The molecular weight excluding hydrogens is 593 g/mol. The number of quaternary nitrogens is 1.